The van der Waals surface area contributed by atoms with Crippen molar-refractivity contribution in [3.63, 3.8) is 0 Å². The molecule has 1 aromatic carbocycles. The maximum atomic E-state index is 11.6. The molecule has 0 unspecified atom stereocenters. The van der Waals surface area contributed by atoms with Crippen molar-refractivity contribution in [2.24, 2.45) is 4.99 Å². The van der Waals surface area contributed by atoms with Gasteiger partial charge in [0.2, 0.25) is 0 Å². The van der Waals surface area contributed by atoms with Gasteiger partial charge < -0.3 is 9.57 Å². The van der Waals surface area contributed by atoms with E-state index in [0.29, 0.717) is 17.5 Å². The number of carbonyl (C=O) groups excluding carboxylic acids is 1. The van der Waals surface area contributed by atoms with Crippen LogP contribution in [0.25, 0.3) is 0 Å². The van der Waals surface area contributed by atoms with Gasteiger partial charge in [-0.2, -0.15) is 0 Å². The Labute approximate surface area is 141 Å². The molecule has 0 radical (unpaired) electrons. The molecule has 0 saturated heterocycles. The van der Waals surface area contributed by atoms with E-state index in [2.05, 4.69) is 10.4 Å². The Bertz CT molecular complexity index is 561. The number of ether oxygens (including phenoxy) is 1. The van der Waals surface area contributed by atoms with Gasteiger partial charge in [-0.15, -0.1) is 0 Å². The number of para-hydroxylation sites is 1. The molecular formula is C16H22ClN3O3. The van der Waals surface area contributed by atoms with Gasteiger partial charge in [-0.1, -0.05) is 41.9 Å². The van der Waals surface area contributed by atoms with Gasteiger partial charge in [-0.05, 0) is 25.5 Å². The van der Waals surface area contributed by atoms with Crippen molar-refractivity contribution in [2.75, 3.05) is 13.7 Å². The van der Waals surface area contributed by atoms with Crippen molar-refractivity contribution in [1.82, 2.24) is 10.6 Å². The van der Waals surface area contributed by atoms with E-state index in [9.17, 15) is 4.79 Å². The molecule has 0 aliphatic heterocycles. The van der Waals surface area contributed by atoms with E-state index in [-0.39, 0.29) is 12.4 Å². The summed E-state index contributed by atoms with van der Waals surface area (Å²) in [4.78, 5) is 21.2. The van der Waals surface area contributed by atoms with Gasteiger partial charge >= 0.3 is 5.97 Å². The maximum Gasteiger partial charge on any atom is 0.310 e. The minimum absolute atomic E-state index is 0.150. The lowest BCUT2D eigenvalue weighted by Crippen LogP contribution is -2.36. The molecule has 0 fully saturated rings. The zero-order valence-corrected chi connectivity index (χ0v) is 14.3. The van der Waals surface area contributed by atoms with Gasteiger partial charge in [0.15, 0.2) is 5.75 Å². The average molecular weight is 340 g/mol. The topological polar surface area (TPSA) is 63.2 Å². The number of benzene rings is 1. The first-order chi connectivity index (χ1) is 11.1. The summed E-state index contributed by atoms with van der Waals surface area (Å²) in [6, 6.07) is 7.25. The van der Waals surface area contributed by atoms with E-state index in [1.165, 1.54) is 11.5 Å². The number of rotatable bonds is 9. The van der Waals surface area contributed by atoms with E-state index >= 15 is 0 Å². The number of aliphatic imine (C=N–C) groups is 1. The number of hydroxylamine groups is 1. The number of nitrogens with zero attached hydrogens (tertiary/aromatic N) is 2. The van der Waals surface area contributed by atoms with Gasteiger partial charge in [0.05, 0.1) is 13.0 Å². The zero-order valence-electron chi connectivity index (χ0n) is 13.6. The quantitative estimate of drug-likeness (QED) is 0.246. The Morgan fingerprint density at radius 3 is 2.83 bits per heavy atom. The van der Waals surface area contributed by atoms with E-state index in [1.807, 2.05) is 25.1 Å². The molecule has 0 atom stereocenters. The molecule has 1 rings (SSSR count). The Morgan fingerprint density at radius 2 is 2.13 bits per heavy atom. The minimum atomic E-state index is -0.294. The summed E-state index contributed by atoms with van der Waals surface area (Å²) in [5.41, 5.74) is 3.54. The largest absolute Gasteiger partial charge is 0.466 e. The van der Waals surface area contributed by atoms with Crippen LogP contribution in [0.2, 0.25) is 0 Å². The molecule has 0 amide bonds. The standard InChI is InChI=1S/C16H22ClN3O3/c1-4-8-15(17)18-12-19-20(3)23-14-10-7-6-9-13(14)11-16(21)22-5-2/h6-10,12H,4-5,11H2,1-3H3,(H,18,19)/b15-8-. The van der Waals surface area contributed by atoms with Gasteiger partial charge in [0.1, 0.15) is 11.5 Å². The van der Waals surface area contributed by atoms with Gasteiger partial charge in [-0.25, -0.2) is 4.99 Å². The summed E-state index contributed by atoms with van der Waals surface area (Å²) < 4.78 is 4.95. The van der Waals surface area contributed by atoms with Crippen LogP contribution in [-0.4, -0.2) is 31.1 Å². The molecule has 0 aliphatic rings. The summed E-state index contributed by atoms with van der Waals surface area (Å²) >= 11 is 5.85. The summed E-state index contributed by atoms with van der Waals surface area (Å²) in [5, 5.41) is 1.76. The molecule has 7 heteroatoms. The highest BCUT2D eigenvalue weighted by molar-refractivity contribution is 6.29. The van der Waals surface area contributed by atoms with Crippen molar-refractivity contribution >= 4 is 23.9 Å². The van der Waals surface area contributed by atoms with Gasteiger partial charge in [0.25, 0.3) is 0 Å². The Balaban J connectivity index is 2.62. The number of hydrazine groups is 1. The highest BCUT2D eigenvalue weighted by Gasteiger charge is 2.11. The lowest BCUT2D eigenvalue weighted by molar-refractivity contribution is -0.142. The van der Waals surface area contributed by atoms with E-state index in [1.54, 1.807) is 26.1 Å². The first-order valence-electron chi connectivity index (χ1n) is 7.36. The number of allylic oxidation sites excluding steroid dienone is 1. The summed E-state index contributed by atoms with van der Waals surface area (Å²) in [6.45, 7) is 4.10. The van der Waals surface area contributed by atoms with Crippen molar-refractivity contribution in [2.45, 2.75) is 26.7 Å². The predicted molar refractivity (Wildman–Crippen MR) is 91.0 cm³/mol. The molecule has 23 heavy (non-hydrogen) atoms. The molecule has 0 heterocycles. The van der Waals surface area contributed by atoms with Crippen LogP contribution in [0.3, 0.4) is 0 Å². The van der Waals surface area contributed by atoms with Gasteiger partial charge in [0, 0.05) is 12.6 Å². The number of carbonyl (C=O) groups is 1. The van der Waals surface area contributed by atoms with Crippen LogP contribution in [0.4, 0.5) is 0 Å². The second kappa shape index (κ2) is 10.6. The molecule has 126 valence electrons. The summed E-state index contributed by atoms with van der Waals surface area (Å²) in [5.74, 6) is 0.261. The third kappa shape index (κ3) is 7.67. The van der Waals surface area contributed by atoms with Crippen LogP contribution in [0.5, 0.6) is 5.75 Å². The lowest BCUT2D eigenvalue weighted by Gasteiger charge is -2.18. The Kier molecular flexibility index (Phi) is 8.79. The predicted octanol–water partition coefficient (Wildman–Crippen LogP) is 3.04. The number of nitrogens with one attached hydrogen (secondary N) is 1. The van der Waals surface area contributed by atoms with Crippen LogP contribution >= 0.6 is 11.6 Å². The number of hydrogen-bond donors (Lipinski definition) is 1. The second-order valence-electron chi connectivity index (χ2n) is 4.50. The van der Waals surface area contributed by atoms with E-state index < -0.39 is 0 Å². The molecule has 0 saturated carbocycles. The van der Waals surface area contributed by atoms with E-state index in [4.69, 9.17) is 21.2 Å². The lowest BCUT2D eigenvalue weighted by atomic mass is 10.1. The van der Waals surface area contributed by atoms with Crippen LogP contribution < -0.4 is 10.3 Å². The Hall–Kier alpha value is -2.05. The molecule has 0 aliphatic carbocycles. The molecule has 0 aromatic heterocycles. The molecule has 6 nitrogen and oxygen atoms in total. The highest BCUT2D eigenvalue weighted by Crippen LogP contribution is 2.19. The third-order valence-electron chi connectivity index (χ3n) is 2.65. The average Bonchev–Trinajstić information content (AvgIpc) is 2.50. The monoisotopic (exact) mass is 339 g/mol. The normalized spacial score (nSPS) is 11.8. The first kappa shape index (κ1) is 19.0. The zero-order chi connectivity index (χ0) is 17.1. The van der Waals surface area contributed by atoms with Crippen LogP contribution in [-0.2, 0) is 16.0 Å². The molecule has 0 bridgehead atoms. The smallest absolute Gasteiger partial charge is 0.310 e. The molecule has 0 spiro atoms. The van der Waals surface area contributed by atoms with Crippen molar-refractivity contribution < 1.29 is 14.4 Å². The second-order valence-corrected chi connectivity index (χ2v) is 4.89. The third-order valence-corrected chi connectivity index (χ3v) is 2.90. The van der Waals surface area contributed by atoms with E-state index in [0.717, 1.165) is 12.0 Å². The summed E-state index contributed by atoms with van der Waals surface area (Å²) in [6.07, 6.45) is 4.17. The fourth-order valence-electron chi connectivity index (χ4n) is 1.67. The number of esters is 1. The van der Waals surface area contributed by atoms with Crippen LogP contribution in [0.1, 0.15) is 25.8 Å². The maximum absolute atomic E-state index is 11.6. The number of halogens is 1. The van der Waals surface area contributed by atoms with Crippen molar-refractivity contribution in [3.8, 4) is 5.75 Å². The van der Waals surface area contributed by atoms with Crippen molar-refractivity contribution in [3.05, 3.63) is 41.1 Å². The van der Waals surface area contributed by atoms with Gasteiger partial charge in [-0.3, -0.25) is 10.2 Å². The first-order valence-corrected chi connectivity index (χ1v) is 7.74. The van der Waals surface area contributed by atoms with Crippen LogP contribution in [0, 0.1) is 0 Å². The SMILES string of the molecule is CC/C=C(/Cl)N=CNN(C)Oc1ccccc1CC(=O)OCC. The fraction of sp³-hybridized carbons (Fsp3) is 0.375. The molecule has 1 aromatic rings. The fourth-order valence-corrected chi connectivity index (χ4v) is 1.88. The highest BCUT2D eigenvalue weighted by atomic mass is 35.5. The number of hydrogen-bond acceptors (Lipinski definition) is 5. The van der Waals surface area contributed by atoms with Crippen molar-refractivity contribution in [1.29, 1.82) is 0 Å². The molecular weight excluding hydrogens is 318 g/mol. The Morgan fingerprint density at radius 1 is 1.39 bits per heavy atom. The molecule has 1 N–H and O–H groups in total. The summed E-state index contributed by atoms with van der Waals surface area (Å²) in [7, 11) is 1.67. The van der Waals surface area contributed by atoms with Crippen LogP contribution in [0.15, 0.2) is 40.5 Å². The minimum Gasteiger partial charge on any atom is -0.466 e.